The van der Waals surface area contributed by atoms with Gasteiger partial charge in [-0.2, -0.15) is 0 Å². The molecule has 1 saturated heterocycles. The molecule has 1 aliphatic heterocycles. The predicted molar refractivity (Wildman–Crippen MR) is 93.2 cm³/mol. The first-order valence-corrected chi connectivity index (χ1v) is 8.43. The third-order valence-corrected chi connectivity index (χ3v) is 5.25. The zero-order valence-electron chi connectivity index (χ0n) is 12.4. The predicted octanol–water partition coefficient (Wildman–Crippen LogP) is 4.47. The number of thiazole rings is 1. The zero-order valence-corrected chi connectivity index (χ0v) is 13.3. The van der Waals surface area contributed by atoms with Crippen LogP contribution in [0.15, 0.2) is 42.5 Å². The van der Waals surface area contributed by atoms with Crippen LogP contribution in [0, 0.1) is 10.1 Å². The Bertz CT molecular complexity index is 851. The number of nitro benzene ring substituents is 1. The van der Waals surface area contributed by atoms with Crippen LogP contribution >= 0.6 is 11.3 Å². The normalized spacial score (nSPS) is 14.5. The Morgan fingerprint density at radius 1 is 1.13 bits per heavy atom. The van der Waals surface area contributed by atoms with Gasteiger partial charge in [0.15, 0.2) is 0 Å². The maximum absolute atomic E-state index is 11.5. The second kappa shape index (κ2) is 5.62. The molecule has 5 nitrogen and oxygen atoms in total. The molecule has 2 heterocycles. The molecule has 2 aromatic carbocycles. The topological polar surface area (TPSA) is 59.3 Å². The van der Waals surface area contributed by atoms with Gasteiger partial charge in [0.05, 0.1) is 15.1 Å². The number of anilines is 1. The van der Waals surface area contributed by atoms with E-state index in [2.05, 4.69) is 9.88 Å². The molecule has 0 unspecified atom stereocenters. The van der Waals surface area contributed by atoms with Crippen LogP contribution in [0.2, 0.25) is 0 Å². The van der Waals surface area contributed by atoms with Gasteiger partial charge in [-0.05, 0) is 37.1 Å². The molecule has 0 amide bonds. The van der Waals surface area contributed by atoms with Crippen LogP contribution in [-0.4, -0.2) is 23.0 Å². The number of hydrogen-bond acceptors (Lipinski definition) is 5. The van der Waals surface area contributed by atoms with Gasteiger partial charge in [0.2, 0.25) is 0 Å². The van der Waals surface area contributed by atoms with E-state index >= 15 is 0 Å². The lowest BCUT2D eigenvalue weighted by Crippen LogP contribution is -2.18. The molecule has 0 spiro atoms. The Balaban J connectivity index is 1.80. The van der Waals surface area contributed by atoms with Crippen molar-refractivity contribution in [2.75, 3.05) is 18.0 Å². The molecule has 1 fully saturated rings. The fourth-order valence-corrected chi connectivity index (χ4v) is 3.99. The Hall–Kier alpha value is -2.47. The summed E-state index contributed by atoms with van der Waals surface area (Å²) in [5.74, 6) is 0. The third kappa shape index (κ3) is 2.55. The van der Waals surface area contributed by atoms with E-state index in [4.69, 9.17) is 0 Å². The van der Waals surface area contributed by atoms with Gasteiger partial charge in [-0.15, -0.1) is 11.3 Å². The van der Waals surface area contributed by atoms with Crippen LogP contribution < -0.4 is 4.90 Å². The number of nitrogens with zero attached hydrogens (tertiary/aromatic N) is 3. The second-order valence-electron chi connectivity index (χ2n) is 5.64. The van der Waals surface area contributed by atoms with E-state index in [1.807, 2.05) is 36.4 Å². The molecule has 4 rings (SSSR count). The molecule has 0 radical (unpaired) electrons. The summed E-state index contributed by atoms with van der Waals surface area (Å²) in [6.45, 7) is 1.78. The van der Waals surface area contributed by atoms with Crippen LogP contribution in [0.25, 0.3) is 20.8 Å². The van der Waals surface area contributed by atoms with Crippen molar-refractivity contribution in [2.45, 2.75) is 12.8 Å². The SMILES string of the molecule is O=[N+]([O-])c1cc(-c2nc3ccccc3s2)ccc1N1CCCC1. The van der Waals surface area contributed by atoms with Crippen molar-refractivity contribution in [2.24, 2.45) is 0 Å². The van der Waals surface area contributed by atoms with E-state index in [-0.39, 0.29) is 10.6 Å². The molecule has 0 atom stereocenters. The minimum Gasteiger partial charge on any atom is -0.366 e. The number of para-hydroxylation sites is 1. The van der Waals surface area contributed by atoms with E-state index < -0.39 is 0 Å². The van der Waals surface area contributed by atoms with Crippen LogP contribution in [0.1, 0.15) is 12.8 Å². The number of rotatable bonds is 3. The Labute approximate surface area is 137 Å². The van der Waals surface area contributed by atoms with E-state index in [1.54, 1.807) is 17.4 Å². The summed E-state index contributed by atoms with van der Waals surface area (Å²) in [6, 6.07) is 13.4. The highest BCUT2D eigenvalue weighted by Gasteiger charge is 2.23. The molecule has 0 bridgehead atoms. The molecule has 1 aliphatic rings. The van der Waals surface area contributed by atoms with E-state index in [0.29, 0.717) is 0 Å². The molecule has 3 aromatic rings. The van der Waals surface area contributed by atoms with Crippen LogP contribution in [-0.2, 0) is 0 Å². The molecule has 116 valence electrons. The Kier molecular flexibility index (Phi) is 3.46. The van der Waals surface area contributed by atoms with Gasteiger partial charge in [0, 0.05) is 24.7 Å². The third-order valence-electron chi connectivity index (χ3n) is 4.16. The summed E-state index contributed by atoms with van der Waals surface area (Å²) in [7, 11) is 0. The molecule has 0 saturated carbocycles. The molecule has 6 heteroatoms. The maximum Gasteiger partial charge on any atom is 0.293 e. The lowest BCUT2D eigenvalue weighted by Gasteiger charge is -2.17. The number of hydrogen-bond donors (Lipinski definition) is 0. The zero-order chi connectivity index (χ0) is 15.8. The van der Waals surface area contributed by atoms with Crippen molar-refractivity contribution < 1.29 is 4.92 Å². The minimum absolute atomic E-state index is 0.170. The van der Waals surface area contributed by atoms with Gasteiger partial charge >= 0.3 is 0 Å². The van der Waals surface area contributed by atoms with Crippen molar-refractivity contribution >= 4 is 32.9 Å². The molecule has 0 N–H and O–H groups in total. The van der Waals surface area contributed by atoms with Crippen molar-refractivity contribution in [3.8, 4) is 10.6 Å². The summed E-state index contributed by atoms with van der Waals surface area (Å²) in [5, 5.41) is 12.3. The van der Waals surface area contributed by atoms with Crippen molar-refractivity contribution in [3.63, 3.8) is 0 Å². The summed E-state index contributed by atoms with van der Waals surface area (Å²) >= 11 is 1.56. The molecule has 0 aliphatic carbocycles. The minimum atomic E-state index is -0.287. The number of benzene rings is 2. The van der Waals surface area contributed by atoms with E-state index in [9.17, 15) is 10.1 Å². The van der Waals surface area contributed by atoms with Gasteiger partial charge in [0.1, 0.15) is 10.7 Å². The van der Waals surface area contributed by atoms with Crippen LogP contribution in [0.4, 0.5) is 11.4 Å². The standard InChI is InChI=1S/C17H15N3O2S/c21-20(22)15-11-12(7-8-14(15)19-9-3-4-10-19)17-18-13-5-1-2-6-16(13)23-17/h1-2,5-8,11H,3-4,9-10H2. The van der Waals surface area contributed by atoms with Gasteiger partial charge in [-0.1, -0.05) is 12.1 Å². The highest BCUT2D eigenvalue weighted by molar-refractivity contribution is 7.21. The van der Waals surface area contributed by atoms with Crippen LogP contribution in [0.5, 0.6) is 0 Å². The van der Waals surface area contributed by atoms with Gasteiger partial charge in [0.25, 0.3) is 5.69 Å². The highest BCUT2D eigenvalue weighted by Crippen LogP contribution is 2.37. The first-order valence-electron chi connectivity index (χ1n) is 7.62. The fraction of sp³-hybridized carbons (Fsp3) is 0.235. The van der Waals surface area contributed by atoms with Gasteiger partial charge in [-0.25, -0.2) is 4.98 Å². The van der Waals surface area contributed by atoms with Crippen LogP contribution in [0.3, 0.4) is 0 Å². The molecular weight excluding hydrogens is 310 g/mol. The fourth-order valence-electron chi connectivity index (χ4n) is 3.02. The first-order chi connectivity index (χ1) is 11.2. The quantitative estimate of drug-likeness (QED) is 0.526. The van der Waals surface area contributed by atoms with Gasteiger partial charge < -0.3 is 4.90 Å². The smallest absolute Gasteiger partial charge is 0.293 e. The highest BCUT2D eigenvalue weighted by atomic mass is 32.1. The number of aromatic nitrogens is 1. The molecule has 23 heavy (non-hydrogen) atoms. The average Bonchev–Trinajstić information content (AvgIpc) is 3.23. The number of fused-ring (bicyclic) bond motifs is 1. The second-order valence-corrected chi connectivity index (χ2v) is 6.67. The van der Waals surface area contributed by atoms with Crippen molar-refractivity contribution in [1.82, 2.24) is 4.98 Å². The largest absolute Gasteiger partial charge is 0.366 e. The van der Waals surface area contributed by atoms with Gasteiger partial charge in [-0.3, -0.25) is 10.1 Å². The molecular formula is C17H15N3O2S. The van der Waals surface area contributed by atoms with E-state index in [1.165, 1.54) is 0 Å². The Morgan fingerprint density at radius 3 is 2.65 bits per heavy atom. The average molecular weight is 325 g/mol. The summed E-state index contributed by atoms with van der Waals surface area (Å²) in [6.07, 6.45) is 2.19. The Morgan fingerprint density at radius 2 is 1.91 bits per heavy atom. The lowest BCUT2D eigenvalue weighted by atomic mass is 10.1. The first kappa shape index (κ1) is 14.1. The monoisotopic (exact) mass is 325 g/mol. The lowest BCUT2D eigenvalue weighted by molar-refractivity contribution is -0.384. The summed E-state index contributed by atoms with van der Waals surface area (Å²) in [5.41, 5.74) is 2.63. The van der Waals surface area contributed by atoms with Crippen molar-refractivity contribution in [3.05, 3.63) is 52.6 Å². The maximum atomic E-state index is 11.5. The number of nitro groups is 1. The molecule has 1 aromatic heterocycles. The summed E-state index contributed by atoms with van der Waals surface area (Å²) < 4.78 is 1.09. The van der Waals surface area contributed by atoms with E-state index in [0.717, 1.165) is 52.4 Å². The van der Waals surface area contributed by atoms with Crippen molar-refractivity contribution in [1.29, 1.82) is 0 Å². The summed E-state index contributed by atoms with van der Waals surface area (Å²) in [4.78, 5) is 17.9.